The summed E-state index contributed by atoms with van der Waals surface area (Å²) < 4.78 is 15.8. The van der Waals surface area contributed by atoms with Crippen molar-refractivity contribution in [2.45, 2.75) is 12.8 Å². The molecule has 172 valence electrons. The zero-order valence-corrected chi connectivity index (χ0v) is 19.1. The Bertz CT molecular complexity index is 1100. The van der Waals surface area contributed by atoms with Gasteiger partial charge in [0.05, 0.1) is 32.7 Å². The molecule has 0 saturated carbocycles. The topological polar surface area (TPSA) is 85.8 Å². The molecule has 33 heavy (non-hydrogen) atoms. The van der Waals surface area contributed by atoms with Crippen LogP contribution in [0.2, 0.25) is 0 Å². The lowest BCUT2D eigenvalue weighted by atomic mass is 9.95. The Morgan fingerprint density at radius 3 is 2.27 bits per heavy atom. The summed E-state index contributed by atoms with van der Waals surface area (Å²) in [5, 5.41) is 3.00. The van der Waals surface area contributed by atoms with Gasteiger partial charge in [-0.25, -0.2) is 9.97 Å². The zero-order valence-electron chi connectivity index (χ0n) is 19.1. The van der Waals surface area contributed by atoms with Crippen molar-refractivity contribution >= 4 is 17.4 Å². The monoisotopic (exact) mass is 448 g/mol. The van der Waals surface area contributed by atoms with Gasteiger partial charge in [-0.05, 0) is 49.2 Å². The smallest absolute Gasteiger partial charge is 0.227 e. The molecule has 1 N–H and O–H groups in total. The van der Waals surface area contributed by atoms with Crippen molar-refractivity contribution in [1.29, 1.82) is 0 Å². The number of carbonyl (C=O) groups excluding carboxylic acids is 1. The van der Waals surface area contributed by atoms with E-state index in [0.717, 1.165) is 48.8 Å². The predicted molar refractivity (Wildman–Crippen MR) is 127 cm³/mol. The molecule has 3 aromatic rings. The minimum atomic E-state index is -0.0732. The maximum Gasteiger partial charge on any atom is 0.227 e. The van der Waals surface area contributed by atoms with Crippen LogP contribution in [-0.4, -0.2) is 50.3 Å². The van der Waals surface area contributed by atoms with Crippen molar-refractivity contribution in [2.24, 2.45) is 5.92 Å². The third-order valence-electron chi connectivity index (χ3n) is 5.89. The number of nitrogens with zero attached hydrogens (tertiary/aromatic N) is 3. The van der Waals surface area contributed by atoms with Gasteiger partial charge in [-0.15, -0.1) is 0 Å². The fourth-order valence-corrected chi connectivity index (χ4v) is 3.95. The number of hydrogen-bond donors (Lipinski definition) is 1. The Morgan fingerprint density at radius 1 is 0.909 bits per heavy atom. The molecule has 1 saturated heterocycles. The number of anilines is 2. The van der Waals surface area contributed by atoms with Crippen LogP contribution in [0.15, 0.2) is 54.9 Å². The Labute approximate surface area is 193 Å². The van der Waals surface area contributed by atoms with Crippen LogP contribution in [0.3, 0.4) is 0 Å². The normalized spacial score (nSPS) is 14.0. The molecular formula is C25H28N4O4. The fourth-order valence-electron chi connectivity index (χ4n) is 3.95. The molecular weight excluding hydrogens is 420 g/mol. The van der Waals surface area contributed by atoms with Crippen LogP contribution in [0.4, 0.5) is 11.5 Å². The van der Waals surface area contributed by atoms with Crippen molar-refractivity contribution in [2.75, 3.05) is 44.6 Å². The van der Waals surface area contributed by atoms with E-state index in [-0.39, 0.29) is 11.8 Å². The van der Waals surface area contributed by atoms with E-state index in [0.29, 0.717) is 17.2 Å². The van der Waals surface area contributed by atoms with Gasteiger partial charge in [-0.1, -0.05) is 0 Å². The Kier molecular flexibility index (Phi) is 6.92. The number of nitrogens with one attached hydrogen (secondary N) is 1. The van der Waals surface area contributed by atoms with Crippen LogP contribution in [0.1, 0.15) is 12.8 Å². The average Bonchev–Trinajstić information content (AvgIpc) is 2.89. The molecule has 0 spiro atoms. The van der Waals surface area contributed by atoms with Crippen molar-refractivity contribution in [3.63, 3.8) is 0 Å². The number of hydrogen-bond acceptors (Lipinski definition) is 7. The zero-order chi connectivity index (χ0) is 23.2. The molecule has 2 heterocycles. The van der Waals surface area contributed by atoms with E-state index in [1.54, 1.807) is 45.9 Å². The maximum atomic E-state index is 12.9. The number of ether oxygens (including phenoxy) is 3. The summed E-state index contributed by atoms with van der Waals surface area (Å²) in [4.78, 5) is 23.9. The van der Waals surface area contributed by atoms with Crippen LogP contribution in [0.5, 0.6) is 17.2 Å². The quantitative estimate of drug-likeness (QED) is 0.584. The summed E-state index contributed by atoms with van der Waals surface area (Å²) in [5.41, 5.74) is 2.50. The van der Waals surface area contributed by atoms with Gasteiger partial charge in [-0.3, -0.25) is 4.79 Å². The fraction of sp³-hybridized carbons (Fsp3) is 0.320. The molecule has 1 aliphatic rings. The first-order valence-corrected chi connectivity index (χ1v) is 10.9. The van der Waals surface area contributed by atoms with Crippen molar-refractivity contribution in [3.8, 4) is 28.5 Å². The Morgan fingerprint density at radius 2 is 1.61 bits per heavy atom. The van der Waals surface area contributed by atoms with Gasteiger partial charge < -0.3 is 24.4 Å². The second kappa shape index (κ2) is 10.2. The van der Waals surface area contributed by atoms with E-state index < -0.39 is 0 Å². The standard InChI is InChI=1S/C25H28N4O4/c1-31-19-6-4-17(5-7-19)22-15-24(27-16-26-22)29-12-10-18(11-13-29)25(30)28-21-9-8-20(32-2)14-23(21)33-3/h4-9,14-16,18H,10-13H2,1-3H3,(H,28,30). The molecule has 0 radical (unpaired) electrons. The average molecular weight is 449 g/mol. The number of rotatable bonds is 7. The van der Waals surface area contributed by atoms with Crippen LogP contribution >= 0.6 is 0 Å². The summed E-state index contributed by atoms with van der Waals surface area (Å²) in [6.45, 7) is 1.49. The van der Waals surface area contributed by atoms with Gasteiger partial charge in [0.15, 0.2) is 0 Å². The van der Waals surface area contributed by atoms with Crippen LogP contribution in [0, 0.1) is 5.92 Å². The van der Waals surface area contributed by atoms with Gasteiger partial charge in [0.2, 0.25) is 5.91 Å². The molecule has 1 amide bonds. The molecule has 4 rings (SSSR count). The molecule has 1 aromatic heterocycles. The lowest BCUT2D eigenvalue weighted by Gasteiger charge is -2.32. The summed E-state index contributed by atoms with van der Waals surface area (Å²) in [6, 6.07) is 15.1. The van der Waals surface area contributed by atoms with E-state index in [2.05, 4.69) is 20.2 Å². The third-order valence-corrected chi connectivity index (χ3v) is 5.89. The van der Waals surface area contributed by atoms with Crippen molar-refractivity contribution < 1.29 is 19.0 Å². The van der Waals surface area contributed by atoms with E-state index in [1.165, 1.54) is 0 Å². The molecule has 1 aliphatic heterocycles. The molecule has 8 heteroatoms. The largest absolute Gasteiger partial charge is 0.497 e. The highest BCUT2D eigenvalue weighted by Gasteiger charge is 2.26. The van der Waals surface area contributed by atoms with Crippen molar-refractivity contribution in [3.05, 3.63) is 54.9 Å². The van der Waals surface area contributed by atoms with E-state index in [4.69, 9.17) is 14.2 Å². The summed E-state index contributed by atoms with van der Waals surface area (Å²) in [7, 11) is 4.82. The number of piperidine rings is 1. The van der Waals surface area contributed by atoms with E-state index in [1.807, 2.05) is 30.3 Å². The Hall–Kier alpha value is -3.81. The molecule has 8 nitrogen and oxygen atoms in total. The maximum absolute atomic E-state index is 12.9. The summed E-state index contributed by atoms with van der Waals surface area (Å²) in [5.74, 6) is 2.85. The first-order valence-electron chi connectivity index (χ1n) is 10.9. The van der Waals surface area contributed by atoms with Gasteiger partial charge in [0, 0.05) is 36.7 Å². The lowest BCUT2D eigenvalue weighted by molar-refractivity contribution is -0.120. The lowest BCUT2D eigenvalue weighted by Crippen LogP contribution is -2.38. The highest BCUT2D eigenvalue weighted by molar-refractivity contribution is 5.94. The molecule has 1 fully saturated rings. The third kappa shape index (κ3) is 5.16. The molecule has 0 atom stereocenters. The highest BCUT2D eigenvalue weighted by atomic mass is 16.5. The van der Waals surface area contributed by atoms with Gasteiger partial charge in [-0.2, -0.15) is 0 Å². The molecule has 0 unspecified atom stereocenters. The van der Waals surface area contributed by atoms with Crippen LogP contribution in [0.25, 0.3) is 11.3 Å². The second-order valence-corrected chi connectivity index (χ2v) is 7.81. The number of carbonyl (C=O) groups is 1. The molecule has 2 aromatic carbocycles. The molecule has 0 aliphatic carbocycles. The molecule has 0 bridgehead atoms. The Balaban J connectivity index is 1.38. The number of aromatic nitrogens is 2. The minimum absolute atomic E-state index is 0.000253. The SMILES string of the molecule is COc1ccc(-c2cc(N3CCC(C(=O)Nc4ccc(OC)cc4OC)CC3)ncn2)cc1. The van der Waals surface area contributed by atoms with E-state index in [9.17, 15) is 4.79 Å². The second-order valence-electron chi connectivity index (χ2n) is 7.81. The summed E-state index contributed by atoms with van der Waals surface area (Å²) >= 11 is 0. The van der Waals surface area contributed by atoms with Gasteiger partial charge in [0.1, 0.15) is 29.4 Å². The predicted octanol–water partition coefficient (Wildman–Crippen LogP) is 4.02. The summed E-state index contributed by atoms with van der Waals surface area (Å²) in [6.07, 6.45) is 3.07. The van der Waals surface area contributed by atoms with Crippen molar-refractivity contribution in [1.82, 2.24) is 9.97 Å². The van der Waals surface area contributed by atoms with Gasteiger partial charge >= 0.3 is 0 Å². The van der Waals surface area contributed by atoms with Crippen LogP contribution < -0.4 is 24.4 Å². The van der Waals surface area contributed by atoms with E-state index >= 15 is 0 Å². The number of amides is 1. The van der Waals surface area contributed by atoms with Crippen LogP contribution in [-0.2, 0) is 4.79 Å². The first-order chi connectivity index (χ1) is 16.1. The number of benzene rings is 2. The highest BCUT2D eigenvalue weighted by Crippen LogP contribution is 2.31. The van der Waals surface area contributed by atoms with Gasteiger partial charge in [0.25, 0.3) is 0 Å². The first kappa shape index (κ1) is 22.4. The number of methoxy groups -OCH3 is 3. The minimum Gasteiger partial charge on any atom is -0.497 e.